The van der Waals surface area contributed by atoms with Crippen LogP contribution >= 0.6 is 11.8 Å². The van der Waals surface area contributed by atoms with Crippen molar-refractivity contribution in [1.82, 2.24) is 24.6 Å². The van der Waals surface area contributed by atoms with Crippen LogP contribution in [0.2, 0.25) is 0 Å². The lowest BCUT2D eigenvalue weighted by Gasteiger charge is -2.36. The standard InChI is InChI=1S/C31H29FN6O3S/c1-2-40-27-15-9-8-14-26(27)36-16-18-37(19-17-36)30(39)24-20-41-28(33-24)21-42-31-35-34-29(22-10-4-3-5-11-22)38(31)25-13-7-6-12-23(25)32/h3-15,20H,2,16-19,21H2,1H3. The minimum Gasteiger partial charge on any atom is -0.492 e. The van der Waals surface area contributed by atoms with Gasteiger partial charge in [0.15, 0.2) is 16.7 Å². The van der Waals surface area contributed by atoms with Gasteiger partial charge in [-0.25, -0.2) is 9.37 Å². The van der Waals surface area contributed by atoms with Crippen molar-refractivity contribution in [2.75, 3.05) is 37.7 Å². The molecule has 1 amide bonds. The number of amides is 1. The molecule has 6 rings (SSSR count). The predicted molar refractivity (Wildman–Crippen MR) is 159 cm³/mol. The van der Waals surface area contributed by atoms with Crippen LogP contribution in [0.4, 0.5) is 10.1 Å². The van der Waals surface area contributed by atoms with Crippen LogP contribution in [0.5, 0.6) is 5.75 Å². The number of carbonyl (C=O) groups is 1. The van der Waals surface area contributed by atoms with Crippen LogP contribution in [0.3, 0.4) is 0 Å². The number of benzene rings is 3. The topological polar surface area (TPSA) is 89.5 Å². The van der Waals surface area contributed by atoms with Gasteiger partial charge in [0.1, 0.15) is 17.8 Å². The first-order valence-electron chi connectivity index (χ1n) is 13.7. The molecule has 1 aliphatic rings. The number of aromatic nitrogens is 4. The summed E-state index contributed by atoms with van der Waals surface area (Å²) in [6.07, 6.45) is 1.39. The van der Waals surface area contributed by atoms with Crippen molar-refractivity contribution >= 4 is 23.4 Å². The van der Waals surface area contributed by atoms with E-state index >= 15 is 0 Å². The summed E-state index contributed by atoms with van der Waals surface area (Å²) in [7, 11) is 0. The molecule has 3 heterocycles. The summed E-state index contributed by atoms with van der Waals surface area (Å²) < 4.78 is 28.0. The van der Waals surface area contributed by atoms with E-state index in [4.69, 9.17) is 9.15 Å². The van der Waals surface area contributed by atoms with Crippen LogP contribution in [0.15, 0.2) is 94.7 Å². The zero-order valence-electron chi connectivity index (χ0n) is 23.0. The first kappa shape index (κ1) is 27.5. The van der Waals surface area contributed by atoms with Crippen molar-refractivity contribution < 1.29 is 18.3 Å². The number of thioether (sulfide) groups is 1. The number of anilines is 1. The van der Waals surface area contributed by atoms with Gasteiger partial charge in [-0.1, -0.05) is 66.4 Å². The maximum Gasteiger partial charge on any atom is 0.275 e. The molecule has 1 fully saturated rings. The lowest BCUT2D eigenvalue weighted by Crippen LogP contribution is -2.49. The maximum absolute atomic E-state index is 14.9. The Morgan fingerprint density at radius 2 is 1.64 bits per heavy atom. The first-order chi connectivity index (χ1) is 20.6. The Morgan fingerprint density at radius 1 is 0.929 bits per heavy atom. The number of oxazole rings is 1. The number of hydrogen-bond acceptors (Lipinski definition) is 8. The molecular weight excluding hydrogens is 555 g/mol. The fraction of sp³-hybridized carbons (Fsp3) is 0.226. The van der Waals surface area contributed by atoms with E-state index < -0.39 is 0 Å². The largest absolute Gasteiger partial charge is 0.492 e. The molecule has 42 heavy (non-hydrogen) atoms. The van der Waals surface area contributed by atoms with Crippen molar-refractivity contribution in [1.29, 1.82) is 0 Å². The molecule has 0 saturated carbocycles. The average Bonchev–Trinajstić information content (AvgIpc) is 3.68. The number of halogens is 1. The molecule has 0 N–H and O–H groups in total. The Bertz CT molecular complexity index is 1670. The van der Waals surface area contributed by atoms with Crippen LogP contribution in [-0.4, -0.2) is 63.3 Å². The molecule has 0 spiro atoms. The molecule has 0 radical (unpaired) electrons. The molecule has 3 aromatic carbocycles. The monoisotopic (exact) mass is 584 g/mol. The van der Waals surface area contributed by atoms with E-state index in [1.54, 1.807) is 27.7 Å². The minimum atomic E-state index is -0.387. The molecule has 0 aliphatic carbocycles. The molecule has 9 nitrogen and oxygen atoms in total. The summed E-state index contributed by atoms with van der Waals surface area (Å²) in [6.45, 7) is 5.05. The lowest BCUT2D eigenvalue weighted by molar-refractivity contribution is 0.0740. The van der Waals surface area contributed by atoms with E-state index in [1.165, 1.54) is 24.1 Å². The van der Waals surface area contributed by atoms with E-state index in [1.807, 2.05) is 61.5 Å². The highest BCUT2D eigenvalue weighted by Gasteiger charge is 2.26. The second kappa shape index (κ2) is 12.5. The summed E-state index contributed by atoms with van der Waals surface area (Å²) in [5.74, 6) is 1.47. The van der Waals surface area contributed by atoms with Crippen LogP contribution in [-0.2, 0) is 5.75 Å². The molecule has 1 saturated heterocycles. The second-order valence-corrected chi connectivity index (χ2v) is 10.5. The molecule has 11 heteroatoms. The minimum absolute atomic E-state index is 0.173. The van der Waals surface area contributed by atoms with Gasteiger partial charge in [-0.05, 0) is 31.2 Å². The molecule has 5 aromatic rings. The van der Waals surface area contributed by atoms with Crippen LogP contribution in [0, 0.1) is 5.82 Å². The van der Waals surface area contributed by atoms with Gasteiger partial charge in [0, 0.05) is 31.7 Å². The molecule has 1 aliphatic heterocycles. The Labute approximate surface area is 246 Å². The van der Waals surface area contributed by atoms with Gasteiger partial charge in [-0.3, -0.25) is 9.36 Å². The summed E-state index contributed by atoms with van der Waals surface area (Å²) in [4.78, 5) is 21.7. The Hall–Kier alpha value is -4.64. The third-order valence-corrected chi connectivity index (χ3v) is 7.84. The number of carbonyl (C=O) groups excluding carboxylic acids is 1. The SMILES string of the molecule is CCOc1ccccc1N1CCN(C(=O)c2coc(CSc3nnc(-c4ccccc4)n3-c3ccccc3F)n2)CC1. The van der Waals surface area contributed by atoms with Crippen molar-refractivity contribution in [3.8, 4) is 22.8 Å². The van der Waals surface area contributed by atoms with Crippen LogP contribution in [0.1, 0.15) is 23.3 Å². The number of nitrogens with zero attached hydrogens (tertiary/aromatic N) is 6. The normalized spacial score (nSPS) is 13.4. The Morgan fingerprint density at radius 3 is 2.40 bits per heavy atom. The highest BCUT2D eigenvalue weighted by molar-refractivity contribution is 7.98. The molecule has 0 atom stereocenters. The van der Waals surface area contributed by atoms with E-state index in [0.717, 1.165) is 17.0 Å². The Balaban J connectivity index is 1.13. The smallest absolute Gasteiger partial charge is 0.275 e. The zero-order valence-corrected chi connectivity index (χ0v) is 23.8. The average molecular weight is 585 g/mol. The van der Waals surface area contributed by atoms with E-state index in [0.29, 0.717) is 55.3 Å². The van der Waals surface area contributed by atoms with Crippen molar-refractivity contribution in [3.05, 3.63) is 103 Å². The maximum atomic E-state index is 14.9. The quantitative estimate of drug-likeness (QED) is 0.204. The van der Waals surface area contributed by atoms with E-state index in [9.17, 15) is 9.18 Å². The first-order valence-corrected chi connectivity index (χ1v) is 14.7. The number of rotatable bonds is 9. The fourth-order valence-electron chi connectivity index (χ4n) is 4.90. The van der Waals surface area contributed by atoms with E-state index in [-0.39, 0.29) is 23.2 Å². The van der Waals surface area contributed by atoms with Gasteiger partial charge in [-0.2, -0.15) is 0 Å². The molecular formula is C31H29FN6O3S. The lowest BCUT2D eigenvalue weighted by atomic mass is 10.2. The number of piperazine rings is 1. The summed E-state index contributed by atoms with van der Waals surface area (Å²) in [6, 6.07) is 24.0. The summed E-state index contributed by atoms with van der Waals surface area (Å²) in [5.41, 5.74) is 2.45. The number of ether oxygens (including phenoxy) is 1. The molecule has 214 valence electrons. The van der Waals surface area contributed by atoms with Gasteiger partial charge in [0.05, 0.1) is 23.7 Å². The second-order valence-electron chi connectivity index (χ2n) is 9.55. The van der Waals surface area contributed by atoms with Gasteiger partial charge >= 0.3 is 0 Å². The third-order valence-electron chi connectivity index (χ3n) is 6.93. The van der Waals surface area contributed by atoms with Gasteiger partial charge in [0.2, 0.25) is 5.89 Å². The van der Waals surface area contributed by atoms with Crippen molar-refractivity contribution in [2.45, 2.75) is 17.8 Å². The zero-order chi connectivity index (χ0) is 28.9. The van der Waals surface area contributed by atoms with Crippen LogP contribution in [0.25, 0.3) is 17.1 Å². The Kier molecular flexibility index (Phi) is 8.18. The fourth-order valence-corrected chi connectivity index (χ4v) is 5.70. The van der Waals surface area contributed by atoms with Crippen molar-refractivity contribution in [2.24, 2.45) is 0 Å². The highest BCUT2D eigenvalue weighted by atomic mass is 32.2. The summed E-state index contributed by atoms with van der Waals surface area (Å²) in [5, 5.41) is 9.18. The van der Waals surface area contributed by atoms with Gasteiger partial charge in [-0.15, -0.1) is 10.2 Å². The molecule has 2 aromatic heterocycles. The number of para-hydroxylation sites is 3. The molecule has 0 bridgehead atoms. The summed E-state index contributed by atoms with van der Waals surface area (Å²) >= 11 is 1.31. The van der Waals surface area contributed by atoms with Gasteiger partial charge in [0.25, 0.3) is 5.91 Å². The highest BCUT2D eigenvalue weighted by Crippen LogP contribution is 2.31. The predicted octanol–water partition coefficient (Wildman–Crippen LogP) is 5.71. The van der Waals surface area contributed by atoms with E-state index in [2.05, 4.69) is 20.1 Å². The van der Waals surface area contributed by atoms with Gasteiger partial charge < -0.3 is 19.0 Å². The van der Waals surface area contributed by atoms with Crippen LogP contribution < -0.4 is 9.64 Å². The third kappa shape index (κ3) is 5.73. The molecule has 0 unspecified atom stereocenters. The van der Waals surface area contributed by atoms with Crippen molar-refractivity contribution in [3.63, 3.8) is 0 Å². The number of hydrogen-bond donors (Lipinski definition) is 0.